The van der Waals surface area contributed by atoms with Crippen molar-refractivity contribution in [2.45, 2.75) is 18.5 Å². The summed E-state index contributed by atoms with van der Waals surface area (Å²) in [4.78, 5) is 34.5. The zero-order chi connectivity index (χ0) is 16.1. The zero-order valence-corrected chi connectivity index (χ0v) is 13.7. The van der Waals surface area contributed by atoms with Crippen LogP contribution in [0.1, 0.15) is 13.3 Å². The summed E-state index contributed by atoms with van der Waals surface area (Å²) in [6.07, 6.45) is 0.509. The van der Waals surface area contributed by atoms with E-state index in [-0.39, 0.29) is 16.8 Å². The second-order valence-electron chi connectivity index (χ2n) is 4.74. The van der Waals surface area contributed by atoms with E-state index in [4.69, 9.17) is 16.7 Å². The van der Waals surface area contributed by atoms with Gasteiger partial charge in [-0.25, -0.2) is 9.97 Å². The number of nitrogens with zero attached hydrogens (tertiary/aromatic N) is 4. The van der Waals surface area contributed by atoms with E-state index in [0.29, 0.717) is 43.6 Å². The molecule has 0 aromatic carbocycles. The van der Waals surface area contributed by atoms with E-state index in [1.165, 1.54) is 0 Å². The Morgan fingerprint density at radius 2 is 2.00 bits per heavy atom. The minimum absolute atomic E-state index is 0.113. The van der Waals surface area contributed by atoms with E-state index in [1.807, 2.05) is 16.7 Å². The van der Waals surface area contributed by atoms with Crippen molar-refractivity contribution in [2.75, 3.05) is 36.8 Å². The maximum atomic E-state index is 11.7. The number of rotatable bonds is 5. The Morgan fingerprint density at radius 3 is 2.59 bits per heavy atom. The molecule has 0 unspecified atom stereocenters. The van der Waals surface area contributed by atoms with Crippen LogP contribution in [0.25, 0.3) is 0 Å². The number of halogens is 1. The van der Waals surface area contributed by atoms with Crippen LogP contribution in [0, 0.1) is 0 Å². The van der Waals surface area contributed by atoms with Crippen LogP contribution >= 0.6 is 23.4 Å². The Bertz CT molecular complexity index is 564. The SMILES string of the molecule is CCC(=O)N1CCN(c2cc(Cl)nc(SCC(=O)O)n2)CC1. The highest BCUT2D eigenvalue weighted by Gasteiger charge is 2.21. The number of hydrogen-bond acceptors (Lipinski definition) is 6. The summed E-state index contributed by atoms with van der Waals surface area (Å²) in [6.45, 7) is 4.48. The van der Waals surface area contributed by atoms with Gasteiger partial charge in [0.25, 0.3) is 0 Å². The lowest BCUT2D eigenvalue weighted by Crippen LogP contribution is -2.48. The molecule has 1 aromatic rings. The number of carboxylic acid groups (broad SMARTS) is 1. The second kappa shape index (κ2) is 7.64. The lowest BCUT2D eigenvalue weighted by atomic mass is 10.3. The first-order valence-electron chi connectivity index (χ1n) is 6.91. The van der Waals surface area contributed by atoms with E-state index in [2.05, 4.69) is 9.97 Å². The van der Waals surface area contributed by atoms with Gasteiger partial charge in [-0.3, -0.25) is 9.59 Å². The molecule has 7 nitrogen and oxygen atoms in total. The molecule has 1 fully saturated rings. The highest BCUT2D eigenvalue weighted by Crippen LogP contribution is 2.22. The van der Waals surface area contributed by atoms with Crippen LogP contribution in [0.15, 0.2) is 11.2 Å². The number of anilines is 1. The number of carboxylic acids is 1. The molecule has 1 N–H and O–H groups in total. The summed E-state index contributed by atoms with van der Waals surface area (Å²) in [5, 5.41) is 9.34. The largest absolute Gasteiger partial charge is 0.481 e. The van der Waals surface area contributed by atoms with Crippen LogP contribution in [0.2, 0.25) is 5.15 Å². The maximum absolute atomic E-state index is 11.7. The number of hydrogen-bond donors (Lipinski definition) is 1. The van der Waals surface area contributed by atoms with Crippen LogP contribution in [0.5, 0.6) is 0 Å². The number of thioether (sulfide) groups is 1. The van der Waals surface area contributed by atoms with Crippen LogP contribution in [0.4, 0.5) is 5.82 Å². The maximum Gasteiger partial charge on any atom is 0.313 e. The Morgan fingerprint density at radius 1 is 1.32 bits per heavy atom. The molecule has 120 valence electrons. The van der Waals surface area contributed by atoms with Crippen molar-refractivity contribution in [1.82, 2.24) is 14.9 Å². The van der Waals surface area contributed by atoms with Gasteiger partial charge >= 0.3 is 5.97 Å². The Kier molecular flexibility index (Phi) is 5.84. The minimum atomic E-state index is -0.929. The van der Waals surface area contributed by atoms with Crippen molar-refractivity contribution in [3.8, 4) is 0 Å². The van der Waals surface area contributed by atoms with E-state index >= 15 is 0 Å². The van der Waals surface area contributed by atoms with Crippen molar-refractivity contribution in [3.05, 3.63) is 11.2 Å². The van der Waals surface area contributed by atoms with Gasteiger partial charge in [-0.05, 0) is 0 Å². The molecule has 0 bridgehead atoms. The summed E-state index contributed by atoms with van der Waals surface area (Å²) in [5.41, 5.74) is 0. The predicted molar refractivity (Wildman–Crippen MR) is 84.5 cm³/mol. The van der Waals surface area contributed by atoms with Gasteiger partial charge in [0, 0.05) is 38.7 Å². The number of piperazine rings is 1. The van der Waals surface area contributed by atoms with Crippen LogP contribution in [-0.2, 0) is 9.59 Å². The van der Waals surface area contributed by atoms with Gasteiger partial charge in [0.15, 0.2) is 5.16 Å². The van der Waals surface area contributed by atoms with E-state index in [0.717, 1.165) is 11.8 Å². The van der Waals surface area contributed by atoms with Gasteiger partial charge in [-0.1, -0.05) is 30.3 Å². The molecular formula is C13H17ClN4O3S. The smallest absolute Gasteiger partial charge is 0.313 e. The number of aromatic nitrogens is 2. The first-order chi connectivity index (χ1) is 10.5. The highest BCUT2D eigenvalue weighted by atomic mass is 35.5. The summed E-state index contributed by atoms with van der Waals surface area (Å²) < 4.78 is 0. The van der Waals surface area contributed by atoms with Gasteiger partial charge in [0.2, 0.25) is 5.91 Å². The molecule has 2 heterocycles. The first kappa shape index (κ1) is 16.8. The molecule has 2 rings (SSSR count). The number of carbonyl (C=O) groups excluding carboxylic acids is 1. The minimum Gasteiger partial charge on any atom is -0.481 e. The molecule has 0 saturated carbocycles. The number of aliphatic carboxylic acids is 1. The Balaban J connectivity index is 2.03. The molecule has 0 spiro atoms. The molecule has 1 aliphatic rings. The van der Waals surface area contributed by atoms with E-state index in [9.17, 15) is 9.59 Å². The average Bonchev–Trinajstić information content (AvgIpc) is 2.52. The highest BCUT2D eigenvalue weighted by molar-refractivity contribution is 7.99. The molecule has 9 heteroatoms. The van der Waals surface area contributed by atoms with Gasteiger partial charge in [0.05, 0.1) is 5.75 Å². The first-order valence-corrected chi connectivity index (χ1v) is 8.28. The standard InChI is InChI=1S/C13H17ClN4O3S/c1-2-11(19)18-5-3-17(4-6-18)10-7-9(14)15-13(16-10)22-8-12(20)21/h7H,2-6,8H2,1H3,(H,20,21). The Labute approximate surface area is 137 Å². The number of carbonyl (C=O) groups is 2. The molecule has 1 amide bonds. The normalized spacial score (nSPS) is 15.0. The van der Waals surface area contributed by atoms with Crippen LogP contribution in [-0.4, -0.2) is 63.8 Å². The summed E-state index contributed by atoms with van der Waals surface area (Å²) in [5.74, 6) is -0.227. The van der Waals surface area contributed by atoms with Crippen molar-refractivity contribution in [2.24, 2.45) is 0 Å². The van der Waals surface area contributed by atoms with Gasteiger partial charge in [0.1, 0.15) is 11.0 Å². The predicted octanol–water partition coefficient (Wildman–Crippen LogP) is 1.37. The second-order valence-corrected chi connectivity index (χ2v) is 6.06. The third-order valence-corrected chi connectivity index (χ3v) is 4.27. The van der Waals surface area contributed by atoms with Crippen LogP contribution < -0.4 is 4.90 Å². The third kappa shape index (κ3) is 4.48. The van der Waals surface area contributed by atoms with Gasteiger partial charge in [-0.2, -0.15) is 0 Å². The van der Waals surface area contributed by atoms with Crippen LogP contribution in [0.3, 0.4) is 0 Å². The van der Waals surface area contributed by atoms with Crippen molar-refractivity contribution < 1.29 is 14.7 Å². The van der Waals surface area contributed by atoms with Gasteiger partial charge < -0.3 is 14.9 Å². The monoisotopic (exact) mass is 344 g/mol. The lowest BCUT2D eigenvalue weighted by molar-refractivity contribution is -0.134. The quantitative estimate of drug-likeness (QED) is 0.490. The van der Waals surface area contributed by atoms with E-state index in [1.54, 1.807) is 6.07 Å². The summed E-state index contributed by atoms with van der Waals surface area (Å²) >= 11 is 7.02. The summed E-state index contributed by atoms with van der Waals surface area (Å²) in [6, 6.07) is 1.66. The lowest BCUT2D eigenvalue weighted by Gasteiger charge is -2.35. The molecule has 1 aromatic heterocycles. The summed E-state index contributed by atoms with van der Waals surface area (Å²) in [7, 11) is 0. The average molecular weight is 345 g/mol. The molecule has 1 saturated heterocycles. The topological polar surface area (TPSA) is 86.6 Å². The number of amides is 1. The Hall–Kier alpha value is -1.54. The molecule has 0 atom stereocenters. The fraction of sp³-hybridized carbons (Fsp3) is 0.538. The van der Waals surface area contributed by atoms with Gasteiger partial charge in [-0.15, -0.1) is 0 Å². The molecule has 0 radical (unpaired) electrons. The third-order valence-electron chi connectivity index (χ3n) is 3.24. The fourth-order valence-electron chi connectivity index (χ4n) is 2.15. The molecule has 1 aliphatic heterocycles. The molecule has 0 aliphatic carbocycles. The molecule has 22 heavy (non-hydrogen) atoms. The molecular weight excluding hydrogens is 328 g/mol. The fourth-order valence-corrected chi connectivity index (χ4v) is 2.95. The van der Waals surface area contributed by atoms with Crippen molar-refractivity contribution in [1.29, 1.82) is 0 Å². The van der Waals surface area contributed by atoms with Crippen molar-refractivity contribution >= 4 is 41.1 Å². The van der Waals surface area contributed by atoms with E-state index < -0.39 is 5.97 Å². The zero-order valence-electron chi connectivity index (χ0n) is 12.2. The van der Waals surface area contributed by atoms with Crippen molar-refractivity contribution in [3.63, 3.8) is 0 Å².